The highest BCUT2D eigenvalue weighted by molar-refractivity contribution is 6.29. The predicted molar refractivity (Wildman–Crippen MR) is 103 cm³/mol. The lowest BCUT2D eigenvalue weighted by atomic mass is 9.86. The fourth-order valence-electron chi connectivity index (χ4n) is 4.32. The van der Waals surface area contributed by atoms with Crippen LogP contribution >= 0.6 is 11.6 Å². The number of benzene rings is 1. The van der Waals surface area contributed by atoms with Gasteiger partial charge >= 0.3 is 0 Å². The number of halogens is 2. The number of rotatable bonds is 3. The van der Waals surface area contributed by atoms with Crippen LogP contribution in [-0.2, 0) is 6.42 Å². The fraction of sp³-hybridized carbons (Fsp3) is 0.429. The van der Waals surface area contributed by atoms with Crippen LogP contribution in [0.1, 0.15) is 50.1 Å². The van der Waals surface area contributed by atoms with E-state index in [1.807, 2.05) is 0 Å². The first-order chi connectivity index (χ1) is 12.3. The van der Waals surface area contributed by atoms with Crippen LogP contribution in [0, 0.1) is 0 Å². The van der Waals surface area contributed by atoms with Crippen molar-refractivity contribution in [2.24, 2.45) is 0 Å². The largest absolute Gasteiger partial charge is 0.285 e. The lowest BCUT2D eigenvalue weighted by molar-refractivity contribution is 0.0687. The average Bonchev–Trinajstić information content (AvgIpc) is 2.94. The summed E-state index contributed by atoms with van der Waals surface area (Å²) in [6.07, 6.45) is 5.13. The second-order valence-corrected chi connectivity index (χ2v) is 8.34. The van der Waals surface area contributed by atoms with Gasteiger partial charge in [0.2, 0.25) is 0 Å². The van der Waals surface area contributed by atoms with Gasteiger partial charge in [0.25, 0.3) is 0 Å². The third-order valence-electron chi connectivity index (χ3n) is 5.32. The summed E-state index contributed by atoms with van der Waals surface area (Å²) in [4.78, 5) is 11.0. The Morgan fingerprint density at radius 3 is 2.69 bits per heavy atom. The molecule has 0 spiro atoms. The predicted octanol–water partition coefficient (Wildman–Crippen LogP) is 5.02. The van der Waals surface area contributed by atoms with Crippen LogP contribution in [0.15, 0.2) is 42.2 Å². The fourth-order valence-corrected chi connectivity index (χ4v) is 4.41. The van der Waals surface area contributed by atoms with E-state index in [0.29, 0.717) is 11.7 Å². The summed E-state index contributed by atoms with van der Waals surface area (Å²) in [6.45, 7) is 5.80. The van der Waals surface area contributed by atoms with Crippen LogP contribution in [0.5, 0.6) is 0 Å². The maximum absolute atomic E-state index is 14.6. The van der Waals surface area contributed by atoms with E-state index in [-0.39, 0.29) is 12.1 Å². The first-order valence-corrected chi connectivity index (χ1v) is 9.43. The molecule has 0 bridgehead atoms. The van der Waals surface area contributed by atoms with Crippen molar-refractivity contribution in [1.82, 2.24) is 14.9 Å². The average molecular weight is 372 g/mol. The molecular weight excluding hydrogens is 349 g/mol. The molecule has 0 unspecified atom stereocenters. The van der Waals surface area contributed by atoms with Crippen LogP contribution in [-0.4, -0.2) is 33.1 Å². The van der Waals surface area contributed by atoms with Crippen LogP contribution < -0.4 is 0 Å². The molecule has 1 aliphatic carbocycles. The number of nitrogens with zero attached hydrogens (tertiary/aromatic N) is 3. The molecule has 136 valence electrons. The van der Waals surface area contributed by atoms with E-state index >= 15 is 0 Å². The van der Waals surface area contributed by atoms with Crippen LogP contribution in [0.2, 0.25) is 5.15 Å². The minimum Gasteiger partial charge on any atom is -0.285 e. The van der Waals surface area contributed by atoms with Gasteiger partial charge in [-0.2, -0.15) is 0 Å². The maximum atomic E-state index is 14.6. The second-order valence-electron chi connectivity index (χ2n) is 7.95. The Kier molecular flexibility index (Phi) is 4.36. The molecule has 3 nitrogen and oxygen atoms in total. The van der Waals surface area contributed by atoms with E-state index in [4.69, 9.17) is 11.6 Å². The zero-order valence-electron chi connectivity index (χ0n) is 15.3. The summed E-state index contributed by atoms with van der Waals surface area (Å²) in [5.41, 5.74) is 4.95. The van der Waals surface area contributed by atoms with Crippen molar-refractivity contribution in [3.63, 3.8) is 0 Å². The van der Waals surface area contributed by atoms with Gasteiger partial charge in [-0.1, -0.05) is 35.9 Å². The summed E-state index contributed by atoms with van der Waals surface area (Å²) in [5.74, 6) is 0. The zero-order chi connectivity index (χ0) is 18.5. The zero-order valence-corrected chi connectivity index (χ0v) is 16.1. The van der Waals surface area contributed by atoms with Crippen LogP contribution in [0.4, 0.5) is 4.39 Å². The Balaban J connectivity index is 1.82. The summed E-state index contributed by atoms with van der Waals surface area (Å²) in [6, 6.07) is 8.71. The molecule has 1 aromatic carbocycles. The molecule has 0 saturated carbocycles. The van der Waals surface area contributed by atoms with Crippen molar-refractivity contribution in [2.45, 2.75) is 51.4 Å². The lowest BCUT2D eigenvalue weighted by Crippen LogP contribution is -2.46. The number of aromatic nitrogens is 2. The number of hydrogen-bond donors (Lipinski definition) is 0. The molecule has 2 atom stereocenters. The van der Waals surface area contributed by atoms with Gasteiger partial charge in [-0.25, -0.2) is 9.37 Å². The standard InChI is InChI=1S/C21H23ClFN3/c1-13-8-16-15-7-5-4-6-14(15)9-17(16)20(26(13)12-21(2,3)23)18-10-25-19(22)11-24-18/h4-7,10-11,13,20H,8-9,12H2,1-3H3/t13-,20+/m1/s1. The van der Waals surface area contributed by atoms with E-state index < -0.39 is 5.67 Å². The topological polar surface area (TPSA) is 29.0 Å². The summed E-state index contributed by atoms with van der Waals surface area (Å²) < 4.78 is 14.6. The molecular formula is C21H23ClFN3. The molecule has 5 heteroatoms. The molecule has 26 heavy (non-hydrogen) atoms. The van der Waals surface area contributed by atoms with Gasteiger partial charge in [-0.05, 0) is 55.9 Å². The molecule has 0 radical (unpaired) electrons. The minimum absolute atomic E-state index is 0.0686. The second kappa shape index (κ2) is 6.43. The maximum Gasteiger partial charge on any atom is 0.147 e. The van der Waals surface area contributed by atoms with E-state index in [9.17, 15) is 4.39 Å². The molecule has 0 amide bonds. The Morgan fingerprint density at radius 1 is 1.23 bits per heavy atom. The Hall–Kier alpha value is -1.78. The monoisotopic (exact) mass is 371 g/mol. The molecule has 0 saturated heterocycles. The highest BCUT2D eigenvalue weighted by atomic mass is 35.5. The van der Waals surface area contributed by atoms with E-state index in [1.54, 1.807) is 26.2 Å². The Labute approximate surface area is 158 Å². The number of hydrogen-bond acceptors (Lipinski definition) is 3. The number of fused-ring (bicyclic) bond motifs is 2. The van der Waals surface area contributed by atoms with Gasteiger partial charge in [0.1, 0.15) is 10.8 Å². The van der Waals surface area contributed by atoms with Crippen molar-refractivity contribution >= 4 is 17.2 Å². The van der Waals surface area contributed by atoms with Gasteiger partial charge in [0.05, 0.1) is 24.1 Å². The molecule has 2 aromatic rings. The quantitative estimate of drug-likeness (QED) is 0.758. The molecule has 0 fully saturated rings. The van der Waals surface area contributed by atoms with Crippen molar-refractivity contribution in [2.75, 3.05) is 6.54 Å². The van der Waals surface area contributed by atoms with Gasteiger partial charge in [0.15, 0.2) is 0 Å². The highest BCUT2D eigenvalue weighted by Crippen LogP contribution is 2.48. The smallest absolute Gasteiger partial charge is 0.147 e. The Morgan fingerprint density at radius 2 is 2.00 bits per heavy atom. The molecule has 4 rings (SSSR count). The normalized spacial score (nSPS) is 23.1. The SMILES string of the molecule is C[C@@H]1CC2=C(Cc3ccccc32)[C@@H](c2cnc(Cl)cn2)N1CC(C)(C)F. The van der Waals surface area contributed by atoms with Gasteiger partial charge in [0, 0.05) is 12.6 Å². The van der Waals surface area contributed by atoms with Crippen molar-refractivity contribution in [3.8, 4) is 0 Å². The molecule has 0 N–H and O–H groups in total. The van der Waals surface area contributed by atoms with E-state index in [2.05, 4.69) is 46.1 Å². The van der Waals surface area contributed by atoms with Crippen LogP contribution in [0.25, 0.3) is 5.57 Å². The Bertz CT molecular complexity index is 854. The first-order valence-electron chi connectivity index (χ1n) is 9.06. The van der Waals surface area contributed by atoms with E-state index in [1.165, 1.54) is 22.3 Å². The highest BCUT2D eigenvalue weighted by Gasteiger charge is 2.41. The molecule has 1 aromatic heterocycles. The van der Waals surface area contributed by atoms with Crippen molar-refractivity contribution in [1.29, 1.82) is 0 Å². The first kappa shape index (κ1) is 17.6. The third-order valence-corrected chi connectivity index (χ3v) is 5.51. The molecule has 2 aliphatic rings. The van der Waals surface area contributed by atoms with Gasteiger partial charge in [-0.15, -0.1) is 0 Å². The minimum atomic E-state index is -1.28. The summed E-state index contributed by atoms with van der Waals surface area (Å²) in [7, 11) is 0. The summed E-state index contributed by atoms with van der Waals surface area (Å²) in [5, 5.41) is 0.374. The van der Waals surface area contributed by atoms with Crippen molar-refractivity contribution in [3.05, 3.63) is 64.2 Å². The van der Waals surface area contributed by atoms with Crippen LogP contribution in [0.3, 0.4) is 0 Å². The molecule has 1 aliphatic heterocycles. The summed E-state index contributed by atoms with van der Waals surface area (Å²) >= 11 is 5.95. The van der Waals surface area contributed by atoms with Gasteiger partial charge in [-0.3, -0.25) is 9.88 Å². The van der Waals surface area contributed by atoms with Gasteiger partial charge < -0.3 is 0 Å². The van der Waals surface area contributed by atoms with E-state index in [0.717, 1.165) is 18.5 Å². The lowest BCUT2D eigenvalue weighted by Gasteiger charge is -2.43. The van der Waals surface area contributed by atoms with Crippen molar-refractivity contribution < 1.29 is 4.39 Å². The third kappa shape index (κ3) is 3.17. The number of alkyl halides is 1. The molecule has 2 heterocycles.